The molecule has 2 aromatic rings. The molecule has 1 aliphatic rings. The van der Waals surface area contributed by atoms with Crippen LogP contribution in [0.5, 0.6) is 0 Å². The van der Waals surface area contributed by atoms with Gasteiger partial charge in [-0.1, -0.05) is 42.5 Å². The Labute approximate surface area is 136 Å². The van der Waals surface area contributed by atoms with Crippen molar-refractivity contribution in [2.75, 3.05) is 6.54 Å². The topological polar surface area (TPSA) is 29.1 Å². The molecular formula is C20H22FNO. The van der Waals surface area contributed by atoms with Crippen molar-refractivity contribution in [3.63, 3.8) is 0 Å². The largest absolute Gasteiger partial charge is 0.356 e. The summed E-state index contributed by atoms with van der Waals surface area (Å²) in [6.07, 6.45) is 4.80. The highest BCUT2D eigenvalue weighted by Gasteiger charge is 2.21. The number of amides is 1. The van der Waals surface area contributed by atoms with Gasteiger partial charge in [0, 0.05) is 18.5 Å². The van der Waals surface area contributed by atoms with Crippen LogP contribution in [0.2, 0.25) is 0 Å². The molecule has 3 rings (SSSR count). The van der Waals surface area contributed by atoms with Crippen LogP contribution in [-0.2, 0) is 11.2 Å². The summed E-state index contributed by atoms with van der Waals surface area (Å²) >= 11 is 0. The minimum absolute atomic E-state index is 0.153. The maximum atomic E-state index is 13.8. The molecule has 1 aliphatic carbocycles. The van der Waals surface area contributed by atoms with Gasteiger partial charge in [0.1, 0.15) is 5.82 Å². The second kappa shape index (κ2) is 7.40. The molecule has 0 heterocycles. The average Bonchev–Trinajstić information content (AvgIpc) is 3.39. The molecule has 0 radical (unpaired) electrons. The maximum absolute atomic E-state index is 13.8. The molecule has 0 unspecified atom stereocenters. The van der Waals surface area contributed by atoms with E-state index in [1.54, 1.807) is 12.1 Å². The fourth-order valence-corrected chi connectivity index (χ4v) is 2.67. The summed E-state index contributed by atoms with van der Waals surface area (Å²) in [7, 11) is 0. The van der Waals surface area contributed by atoms with Crippen molar-refractivity contribution in [3.8, 4) is 11.1 Å². The second-order valence-corrected chi connectivity index (χ2v) is 6.28. The molecule has 0 atom stereocenters. The zero-order valence-electron chi connectivity index (χ0n) is 13.2. The van der Waals surface area contributed by atoms with Crippen LogP contribution < -0.4 is 5.32 Å². The van der Waals surface area contributed by atoms with E-state index in [4.69, 9.17) is 0 Å². The lowest BCUT2D eigenvalue weighted by atomic mass is 10.0. The summed E-state index contributed by atoms with van der Waals surface area (Å²) in [4.78, 5) is 11.7. The Hall–Kier alpha value is -2.16. The van der Waals surface area contributed by atoms with Gasteiger partial charge in [-0.3, -0.25) is 4.79 Å². The summed E-state index contributed by atoms with van der Waals surface area (Å²) in [5.41, 5.74) is 2.69. The Morgan fingerprint density at radius 1 is 1.09 bits per heavy atom. The van der Waals surface area contributed by atoms with Gasteiger partial charge >= 0.3 is 0 Å². The summed E-state index contributed by atoms with van der Waals surface area (Å²) in [5, 5.41) is 2.99. The minimum atomic E-state index is -0.201. The lowest BCUT2D eigenvalue weighted by Crippen LogP contribution is -2.25. The van der Waals surface area contributed by atoms with E-state index in [-0.39, 0.29) is 11.7 Å². The van der Waals surface area contributed by atoms with E-state index in [1.807, 2.05) is 30.3 Å². The molecular weight excluding hydrogens is 289 g/mol. The summed E-state index contributed by atoms with van der Waals surface area (Å²) in [6, 6.07) is 14.7. The van der Waals surface area contributed by atoms with Gasteiger partial charge in [-0.25, -0.2) is 4.39 Å². The molecule has 1 N–H and O–H groups in total. The van der Waals surface area contributed by atoms with E-state index in [0.29, 0.717) is 12.0 Å². The van der Waals surface area contributed by atoms with Crippen molar-refractivity contribution >= 4 is 5.91 Å². The average molecular weight is 311 g/mol. The third-order valence-electron chi connectivity index (χ3n) is 4.29. The first kappa shape index (κ1) is 15.7. The zero-order valence-corrected chi connectivity index (χ0v) is 13.2. The summed E-state index contributed by atoms with van der Waals surface area (Å²) in [5.74, 6) is 0.678. The van der Waals surface area contributed by atoms with Crippen LogP contribution in [0.15, 0.2) is 48.5 Å². The molecule has 0 aromatic heterocycles. The van der Waals surface area contributed by atoms with Gasteiger partial charge in [0.05, 0.1) is 0 Å². The molecule has 1 fully saturated rings. The third kappa shape index (κ3) is 4.65. The van der Waals surface area contributed by atoms with Crippen LogP contribution in [0.1, 0.15) is 31.2 Å². The molecule has 23 heavy (non-hydrogen) atoms. The number of carbonyl (C=O) groups is 1. The lowest BCUT2D eigenvalue weighted by Gasteiger charge is -2.06. The van der Waals surface area contributed by atoms with Crippen molar-refractivity contribution in [2.45, 2.75) is 32.1 Å². The molecule has 0 spiro atoms. The number of halogens is 1. The minimum Gasteiger partial charge on any atom is -0.356 e. The van der Waals surface area contributed by atoms with Gasteiger partial charge < -0.3 is 5.32 Å². The van der Waals surface area contributed by atoms with Crippen molar-refractivity contribution < 1.29 is 9.18 Å². The van der Waals surface area contributed by atoms with E-state index in [0.717, 1.165) is 30.9 Å². The fraction of sp³-hybridized carbons (Fsp3) is 0.350. The zero-order chi connectivity index (χ0) is 16.1. The van der Waals surface area contributed by atoms with Crippen molar-refractivity contribution in [1.82, 2.24) is 5.32 Å². The number of benzene rings is 2. The first-order chi connectivity index (χ1) is 11.2. The van der Waals surface area contributed by atoms with E-state index >= 15 is 0 Å². The van der Waals surface area contributed by atoms with Crippen molar-refractivity contribution in [1.29, 1.82) is 0 Å². The smallest absolute Gasteiger partial charge is 0.220 e. The Kier molecular flexibility index (Phi) is 5.06. The maximum Gasteiger partial charge on any atom is 0.220 e. The number of nitrogens with one attached hydrogen (secondary N) is 1. The van der Waals surface area contributed by atoms with Crippen molar-refractivity contribution in [2.24, 2.45) is 5.92 Å². The molecule has 2 aromatic carbocycles. The second-order valence-electron chi connectivity index (χ2n) is 6.28. The normalized spacial score (nSPS) is 13.8. The molecule has 0 aliphatic heterocycles. The van der Waals surface area contributed by atoms with Crippen LogP contribution in [0.25, 0.3) is 11.1 Å². The predicted octanol–water partition coefficient (Wildman–Crippen LogP) is 4.34. The molecule has 0 saturated heterocycles. The highest BCUT2D eigenvalue weighted by Crippen LogP contribution is 2.27. The number of carbonyl (C=O) groups excluding carboxylic acids is 1. The fourth-order valence-electron chi connectivity index (χ4n) is 2.67. The number of aryl methyl sites for hydroxylation is 1. The highest BCUT2D eigenvalue weighted by molar-refractivity contribution is 5.75. The SMILES string of the molecule is O=C(CCCc1ccc(-c2ccccc2F)cc1)NCC1CC1. The van der Waals surface area contributed by atoms with Crippen LogP contribution in [0, 0.1) is 11.7 Å². The van der Waals surface area contributed by atoms with E-state index < -0.39 is 0 Å². The van der Waals surface area contributed by atoms with Gasteiger partial charge in [-0.15, -0.1) is 0 Å². The Bertz CT molecular complexity index is 662. The van der Waals surface area contributed by atoms with Gasteiger partial charge in [0.2, 0.25) is 5.91 Å². The molecule has 2 nitrogen and oxygen atoms in total. The van der Waals surface area contributed by atoms with E-state index in [1.165, 1.54) is 24.5 Å². The lowest BCUT2D eigenvalue weighted by molar-refractivity contribution is -0.121. The highest BCUT2D eigenvalue weighted by atomic mass is 19.1. The first-order valence-electron chi connectivity index (χ1n) is 8.33. The van der Waals surface area contributed by atoms with Crippen LogP contribution in [-0.4, -0.2) is 12.5 Å². The predicted molar refractivity (Wildman–Crippen MR) is 90.5 cm³/mol. The van der Waals surface area contributed by atoms with Gasteiger partial charge in [-0.05, 0) is 48.8 Å². The van der Waals surface area contributed by atoms with E-state index in [2.05, 4.69) is 5.32 Å². The first-order valence-corrected chi connectivity index (χ1v) is 8.33. The summed E-state index contributed by atoms with van der Waals surface area (Å²) < 4.78 is 13.8. The molecule has 1 saturated carbocycles. The third-order valence-corrected chi connectivity index (χ3v) is 4.29. The van der Waals surface area contributed by atoms with Crippen LogP contribution in [0.4, 0.5) is 4.39 Å². The van der Waals surface area contributed by atoms with Gasteiger partial charge in [0.25, 0.3) is 0 Å². The number of hydrogen-bond acceptors (Lipinski definition) is 1. The van der Waals surface area contributed by atoms with Crippen molar-refractivity contribution in [3.05, 3.63) is 59.9 Å². The standard InChI is InChI=1S/C20H22FNO/c21-19-6-2-1-5-18(19)17-12-10-15(11-13-17)4-3-7-20(23)22-14-16-8-9-16/h1-2,5-6,10-13,16H,3-4,7-9,14H2,(H,22,23). The molecule has 3 heteroatoms. The monoisotopic (exact) mass is 311 g/mol. The molecule has 120 valence electrons. The number of hydrogen-bond donors (Lipinski definition) is 1. The Morgan fingerprint density at radius 2 is 1.83 bits per heavy atom. The van der Waals surface area contributed by atoms with Gasteiger partial charge in [0.15, 0.2) is 0 Å². The van der Waals surface area contributed by atoms with E-state index in [9.17, 15) is 9.18 Å². The molecule has 0 bridgehead atoms. The van der Waals surface area contributed by atoms with Crippen LogP contribution >= 0.6 is 0 Å². The summed E-state index contributed by atoms with van der Waals surface area (Å²) in [6.45, 7) is 0.843. The van der Waals surface area contributed by atoms with Gasteiger partial charge in [-0.2, -0.15) is 0 Å². The van der Waals surface area contributed by atoms with Crippen LogP contribution in [0.3, 0.4) is 0 Å². The quantitative estimate of drug-likeness (QED) is 0.809. The number of rotatable bonds is 7. The Balaban J connectivity index is 1.47. The Morgan fingerprint density at radius 3 is 2.52 bits per heavy atom. The molecule has 1 amide bonds.